The minimum Gasteiger partial charge on any atom is -0.394 e. The van der Waals surface area contributed by atoms with E-state index in [1.54, 1.807) is 0 Å². The first-order valence-corrected chi connectivity index (χ1v) is 7.65. The molecule has 0 radical (unpaired) electrons. The maximum absolute atomic E-state index is 8.08. The summed E-state index contributed by atoms with van der Waals surface area (Å²) in [4.78, 5) is 0. The van der Waals surface area contributed by atoms with Crippen LogP contribution in [0.2, 0.25) is 0 Å². The molecule has 1 fully saturated rings. The summed E-state index contributed by atoms with van der Waals surface area (Å²) in [5.74, 6) is 0. The third-order valence-electron chi connectivity index (χ3n) is 2.89. The zero-order valence-electron chi connectivity index (χ0n) is 12.3. The number of unbranched alkanes of at least 4 members (excludes halogenated alkanes) is 6. The SMILES string of the molecule is CCCCCCOCCCCCC.OCC1CO1. The molecule has 1 aliphatic heterocycles. The molecule has 0 aliphatic carbocycles. The van der Waals surface area contributed by atoms with Gasteiger partial charge in [0.25, 0.3) is 0 Å². The summed E-state index contributed by atoms with van der Waals surface area (Å²) in [7, 11) is 0. The summed E-state index contributed by atoms with van der Waals surface area (Å²) in [5, 5.41) is 8.08. The van der Waals surface area contributed by atoms with Crippen LogP contribution < -0.4 is 0 Å². The van der Waals surface area contributed by atoms with E-state index in [1.165, 1.54) is 51.4 Å². The highest BCUT2D eigenvalue weighted by molar-refractivity contribution is 4.65. The van der Waals surface area contributed by atoms with Gasteiger partial charge in [0.05, 0.1) is 13.2 Å². The zero-order valence-corrected chi connectivity index (χ0v) is 12.3. The molecule has 0 aromatic carbocycles. The topological polar surface area (TPSA) is 42.0 Å². The number of aliphatic hydroxyl groups excluding tert-OH is 1. The zero-order chi connectivity index (χ0) is 13.5. The Hall–Kier alpha value is -0.120. The molecule has 18 heavy (non-hydrogen) atoms. The number of aliphatic hydroxyl groups is 1. The van der Waals surface area contributed by atoms with E-state index >= 15 is 0 Å². The van der Waals surface area contributed by atoms with E-state index in [1.807, 2.05) is 0 Å². The smallest absolute Gasteiger partial charge is 0.104 e. The summed E-state index contributed by atoms with van der Waals surface area (Å²) < 4.78 is 10.1. The van der Waals surface area contributed by atoms with Crippen molar-refractivity contribution in [3.05, 3.63) is 0 Å². The summed E-state index contributed by atoms with van der Waals surface area (Å²) >= 11 is 0. The predicted molar refractivity (Wildman–Crippen MR) is 75.9 cm³/mol. The Morgan fingerprint density at radius 3 is 1.72 bits per heavy atom. The van der Waals surface area contributed by atoms with E-state index in [0.717, 1.165) is 19.8 Å². The number of hydrogen-bond acceptors (Lipinski definition) is 3. The molecule has 0 aromatic heterocycles. The van der Waals surface area contributed by atoms with Gasteiger partial charge in [-0.2, -0.15) is 0 Å². The van der Waals surface area contributed by atoms with Crippen molar-refractivity contribution in [1.29, 1.82) is 0 Å². The fourth-order valence-corrected chi connectivity index (χ4v) is 1.54. The van der Waals surface area contributed by atoms with Crippen molar-refractivity contribution in [3.8, 4) is 0 Å². The monoisotopic (exact) mass is 260 g/mol. The van der Waals surface area contributed by atoms with Crippen LogP contribution in [0.4, 0.5) is 0 Å². The maximum Gasteiger partial charge on any atom is 0.104 e. The van der Waals surface area contributed by atoms with Crippen molar-refractivity contribution in [2.45, 2.75) is 71.3 Å². The second-order valence-corrected chi connectivity index (χ2v) is 4.87. The first-order valence-electron chi connectivity index (χ1n) is 7.65. The number of hydrogen-bond donors (Lipinski definition) is 1. The van der Waals surface area contributed by atoms with E-state index in [4.69, 9.17) is 9.84 Å². The highest BCUT2D eigenvalue weighted by atomic mass is 16.6. The van der Waals surface area contributed by atoms with Gasteiger partial charge in [0.1, 0.15) is 6.10 Å². The standard InChI is InChI=1S/C12H26O.C3H6O2/c1-3-5-7-9-11-13-12-10-8-6-4-2;4-1-3-2-5-3/h3-12H2,1-2H3;3-4H,1-2H2. The Bertz CT molecular complexity index is 137. The fraction of sp³-hybridized carbons (Fsp3) is 1.00. The number of epoxide rings is 1. The van der Waals surface area contributed by atoms with Gasteiger partial charge in [-0.1, -0.05) is 52.4 Å². The molecule has 0 amide bonds. The molecule has 0 bridgehead atoms. The molecular formula is C15H32O3. The van der Waals surface area contributed by atoms with Gasteiger partial charge < -0.3 is 14.6 Å². The van der Waals surface area contributed by atoms with Gasteiger partial charge in [-0.3, -0.25) is 0 Å². The highest BCUT2D eigenvalue weighted by Gasteiger charge is 2.19. The average molecular weight is 260 g/mol. The Morgan fingerprint density at radius 2 is 1.44 bits per heavy atom. The van der Waals surface area contributed by atoms with E-state index in [2.05, 4.69) is 18.6 Å². The van der Waals surface area contributed by atoms with E-state index in [9.17, 15) is 0 Å². The quantitative estimate of drug-likeness (QED) is 0.456. The first kappa shape index (κ1) is 17.9. The van der Waals surface area contributed by atoms with Crippen LogP contribution in [0.15, 0.2) is 0 Å². The van der Waals surface area contributed by atoms with E-state index < -0.39 is 0 Å². The Labute approximate surface area is 113 Å². The lowest BCUT2D eigenvalue weighted by Gasteiger charge is -2.03. The molecule has 3 nitrogen and oxygen atoms in total. The lowest BCUT2D eigenvalue weighted by molar-refractivity contribution is 0.126. The molecule has 1 rings (SSSR count). The Morgan fingerprint density at radius 1 is 0.944 bits per heavy atom. The predicted octanol–water partition coefficient (Wildman–Crippen LogP) is 3.54. The second kappa shape index (κ2) is 14.9. The maximum atomic E-state index is 8.08. The third kappa shape index (κ3) is 15.9. The van der Waals surface area contributed by atoms with Gasteiger partial charge in [0.15, 0.2) is 0 Å². The third-order valence-corrected chi connectivity index (χ3v) is 2.89. The van der Waals surface area contributed by atoms with Gasteiger partial charge in [-0.25, -0.2) is 0 Å². The van der Waals surface area contributed by atoms with Gasteiger partial charge >= 0.3 is 0 Å². The minimum absolute atomic E-state index is 0.190. The molecule has 110 valence electrons. The van der Waals surface area contributed by atoms with Gasteiger partial charge in [-0.05, 0) is 12.8 Å². The van der Waals surface area contributed by atoms with Crippen LogP contribution in [0.3, 0.4) is 0 Å². The van der Waals surface area contributed by atoms with E-state index in [0.29, 0.717) is 0 Å². The van der Waals surface area contributed by atoms with Crippen LogP contribution >= 0.6 is 0 Å². The van der Waals surface area contributed by atoms with Crippen molar-refractivity contribution in [1.82, 2.24) is 0 Å². The lowest BCUT2D eigenvalue weighted by Crippen LogP contribution is -1.96. The largest absolute Gasteiger partial charge is 0.394 e. The Kier molecular flexibility index (Phi) is 14.8. The van der Waals surface area contributed by atoms with Gasteiger partial charge in [0.2, 0.25) is 0 Å². The second-order valence-electron chi connectivity index (χ2n) is 4.87. The molecule has 1 atom stereocenters. The molecule has 1 heterocycles. The Balaban J connectivity index is 0.000000473. The molecule has 3 heteroatoms. The summed E-state index contributed by atoms with van der Waals surface area (Å²) in [6.07, 6.45) is 10.7. The highest BCUT2D eigenvalue weighted by Crippen LogP contribution is 2.05. The van der Waals surface area contributed by atoms with Crippen LogP contribution in [0.5, 0.6) is 0 Å². The summed E-state index contributed by atoms with van der Waals surface area (Å²) in [5.41, 5.74) is 0. The summed E-state index contributed by atoms with van der Waals surface area (Å²) in [6, 6.07) is 0. The fourth-order valence-electron chi connectivity index (χ4n) is 1.54. The molecule has 1 aliphatic rings. The van der Waals surface area contributed by atoms with Crippen LogP contribution in [0.25, 0.3) is 0 Å². The van der Waals surface area contributed by atoms with Crippen molar-refractivity contribution in [2.75, 3.05) is 26.4 Å². The van der Waals surface area contributed by atoms with Crippen molar-refractivity contribution >= 4 is 0 Å². The molecular weight excluding hydrogens is 228 g/mol. The molecule has 1 saturated heterocycles. The summed E-state index contributed by atoms with van der Waals surface area (Å²) in [6.45, 7) is 7.39. The minimum atomic E-state index is 0.190. The molecule has 1 unspecified atom stereocenters. The first-order chi connectivity index (χ1) is 8.85. The van der Waals surface area contributed by atoms with Gasteiger partial charge in [0, 0.05) is 13.2 Å². The van der Waals surface area contributed by atoms with Crippen molar-refractivity contribution in [3.63, 3.8) is 0 Å². The van der Waals surface area contributed by atoms with Crippen molar-refractivity contribution in [2.24, 2.45) is 0 Å². The van der Waals surface area contributed by atoms with E-state index in [-0.39, 0.29) is 12.7 Å². The molecule has 0 spiro atoms. The van der Waals surface area contributed by atoms with Gasteiger partial charge in [-0.15, -0.1) is 0 Å². The average Bonchev–Trinajstić information content (AvgIpc) is 3.21. The van der Waals surface area contributed by atoms with Crippen molar-refractivity contribution < 1.29 is 14.6 Å². The number of ether oxygens (including phenoxy) is 2. The molecule has 1 N–H and O–H groups in total. The normalized spacial score (nSPS) is 17.2. The lowest BCUT2D eigenvalue weighted by atomic mass is 10.2. The molecule has 0 saturated carbocycles. The van der Waals surface area contributed by atoms with Crippen LogP contribution in [0.1, 0.15) is 65.2 Å². The number of rotatable bonds is 11. The van der Waals surface area contributed by atoms with Crippen LogP contribution in [-0.2, 0) is 9.47 Å². The molecule has 0 aromatic rings. The van der Waals surface area contributed by atoms with Crippen LogP contribution in [-0.4, -0.2) is 37.6 Å². The van der Waals surface area contributed by atoms with Crippen LogP contribution in [0, 0.1) is 0 Å².